The van der Waals surface area contributed by atoms with E-state index in [0.717, 1.165) is 42.1 Å². The smallest absolute Gasteiger partial charge is 0.0772 e. The van der Waals surface area contributed by atoms with Crippen molar-refractivity contribution in [3.8, 4) is 0 Å². The Balaban J connectivity index is 1.98. The van der Waals surface area contributed by atoms with E-state index in [-0.39, 0.29) is 0 Å². The SMILES string of the molecule is CC(C)CN1CCN(c2ccc(C(C)O)c(Br)c2)CC1. The molecule has 1 unspecified atom stereocenters. The average Bonchev–Trinajstić information content (AvgIpc) is 2.38. The normalized spacial score (nSPS) is 18.6. The zero-order valence-electron chi connectivity index (χ0n) is 12.6. The van der Waals surface area contributed by atoms with Crippen molar-refractivity contribution in [1.29, 1.82) is 0 Å². The van der Waals surface area contributed by atoms with Crippen LogP contribution in [0.25, 0.3) is 0 Å². The summed E-state index contributed by atoms with van der Waals surface area (Å²) in [5.41, 5.74) is 2.19. The molecule has 0 aliphatic carbocycles. The topological polar surface area (TPSA) is 26.7 Å². The molecule has 0 bridgehead atoms. The Labute approximate surface area is 130 Å². The molecule has 0 spiro atoms. The lowest BCUT2D eigenvalue weighted by Gasteiger charge is -2.37. The summed E-state index contributed by atoms with van der Waals surface area (Å²) in [6.07, 6.45) is -0.429. The molecule has 1 saturated heterocycles. The van der Waals surface area contributed by atoms with Crippen molar-refractivity contribution in [3.63, 3.8) is 0 Å². The molecule has 1 atom stereocenters. The molecule has 1 fully saturated rings. The van der Waals surface area contributed by atoms with Crippen LogP contribution in [0.1, 0.15) is 32.4 Å². The van der Waals surface area contributed by atoms with E-state index in [9.17, 15) is 5.11 Å². The summed E-state index contributed by atoms with van der Waals surface area (Å²) in [4.78, 5) is 4.97. The molecule has 1 aromatic rings. The van der Waals surface area contributed by atoms with Crippen LogP contribution in [0.15, 0.2) is 22.7 Å². The molecule has 3 nitrogen and oxygen atoms in total. The van der Waals surface area contributed by atoms with Gasteiger partial charge in [0.2, 0.25) is 0 Å². The summed E-state index contributed by atoms with van der Waals surface area (Å²) >= 11 is 3.56. The molecule has 112 valence electrons. The van der Waals surface area contributed by atoms with Crippen molar-refractivity contribution in [1.82, 2.24) is 4.90 Å². The van der Waals surface area contributed by atoms with Gasteiger partial charge in [-0.25, -0.2) is 0 Å². The van der Waals surface area contributed by atoms with Crippen LogP contribution in [-0.2, 0) is 0 Å². The van der Waals surface area contributed by atoms with Gasteiger partial charge in [0.15, 0.2) is 0 Å². The van der Waals surface area contributed by atoms with E-state index in [1.54, 1.807) is 6.92 Å². The first-order valence-electron chi connectivity index (χ1n) is 7.42. The summed E-state index contributed by atoms with van der Waals surface area (Å²) in [6.45, 7) is 12.0. The molecule has 4 heteroatoms. The molecule has 2 rings (SSSR count). The summed E-state index contributed by atoms with van der Waals surface area (Å²) < 4.78 is 0.995. The van der Waals surface area contributed by atoms with E-state index >= 15 is 0 Å². The van der Waals surface area contributed by atoms with Gasteiger partial charge in [-0.05, 0) is 30.5 Å². The average molecular weight is 341 g/mol. The van der Waals surface area contributed by atoms with Gasteiger partial charge in [0, 0.05) is 42.9 Å². The van der Waals surface area contributed by atoms with Crippen molar-refractivity contribution in [2.45, 2.75) is 26.9 Å². The highest BCUT2D eigenvalue weighted by Gasteiger charge is 2.18. The van der Waals surface area contributed by atoms with E-state index in [1.165, 1.54) is 12.2 Å². The van der Waals surface area contributed by atoms with Crippen LogP contribution in [0.3, 0.4) is 0 Å². The predicted octanol–water partition coefficient (Wildman–Crippen LogP) is 3.28. The maximum atomic E-state index is 9.67. The number of rotatable bonds is 4. The van der Waals surface area contributed by atoms with Gasteiger partial charge >= 0.3 is 0 Å². The lowest BCUT2D eigenvalue weighted by Crippen LogP contribution is -2.47. The number of benzene rings is 1. The van der Waals surface area contributed by atoms with Crippen LogP contribution < -0.4 is 4.90 Å². The van der Waals surface area contributed by atoms with Crippen LogP contribution in [0.5, 0.6) is 0 Å². The summed E-state index contributed by atoms with van der Waals surface area (Å²) in [5.74, 6) is 0.737. The first-order valence-corrected chi connectivity index (χ1v) is 8.21. The fourth-order valence-corrected chi connectivity index (χ4v) is 3.45. The highest BCUT2D eigenvalue weighted by atomic mass is 79.9. The minimum Gasteiger partial charge on any atom is -0.389 e. The molecular weight excluding hydrogens is 316 g/mol. The van der Waals surface area contributed by atoms with Crippen LogP contribution in [-0.4, -0.2) is 42.7 Å². The van der Waals surface area contributed by atoms with Gasteiger partial charge < -0.3 is 10.0 Å². The summed E-state index contributed by atoms with van der Waals surface area (Å²) in [5, 5.41) is 9.67. The molecule has 0 amide bonds. The number of nitrogens with zero attached hydrogens (tertiary/aromatic N) is 2. The lowest BCUT2D eigenvalue weighted by molar-refractivity contribution is 0.198. The van der Waals surface area contributed by atoms with Crippen LogP contribution in [0, 0.1) is 5.92 Å². The van der Waals surface area contributed by atoms with Crippen molar-refractivity contribution in [3.05, 3.63) is 28.2 Å². The Morgan fingerprint density at radius 1 is 1.15 bits per heavy atom. The molecule has 0 saturated carbocycles. The Hall–Kier alpha value is -0.580. The molecular formula is C16H25BrN2O. The zero-order valence-corrected chi connectivity index (χ0v) is 14.2. The van der Waals surface area contributed by atoms with Crippen LogP contribution >= 0.6 is 15.9 Å². The molecule has 20 heavy (non-hydrogen) atoms. The number of aliphatic hydroxyl groups is 1. The third-order valence-corrected chi connectivity index (χ3v) is 4.48. The minimum absolute atomic E-state index is 0.429. The maximum absolute atomic E-state index is 9.67. The maximum Gasteiger partial charge on any atom is 0.0772 e. The highest BCUT2D eigenvalue weighted by Crippen LogP contribution is 2.28. The number of aliphatic hydroxyl groups excluding tert-OH is 1. The van der Waals surface area contributed by atoms with Crippen molar-refractivity contribution in [2.24, 2.45) is 5.92 Å². The lowest BCUT2D eigenvalue weighted by atomic mass is 10.1. The van der Waals surface area contributed by atoms with Gasteiger partial charge in [0.1, 0.15) is 0 Å². The Morgan fingerprint density at radius 3 is 2.30 bits per heavy atom. The third-order valence-electron chi connectivity index (χ3n) is 3.79. The summed E-state index contributed by atoms with van der Waals surface area (Å²) in [6, 6.07) is 6.26. The molecule has 1 aliphatic rings. The molecule has 0 radical (unpaired) electrons. The standard InChI is InChI=1S/C16H25BrN2O/c1-12(2)11-18-6-8-19(9-7-18)14-4-5-15(13(3)20)16(17)10-14/h4-5,10,12-13,20H,6-9,11H2,1-3H3. The molecule has 1 aromatic carbocycles. The van der Waals surface area contributed by atoms with Gasteiger partial charge in [-0.15, -0.1) is 0 Å². The highest BCUT2D eigenvalue weighted by molar-refractivity contribution is 9.10. The number of halogens is 1. The molecule has 1 heterocycles. The van der Waals surface area contributed by atoms with Crippen LogP contribution in [0.2, 0.25) is 0 Å². The Kier molecular flexibility index (Phi) is 5.47. The van der Waals surface area contributed by atoms with Crippen molar-refractivity contribution >= 4 is 21.6 Å². The number of piperazine rings is 1. The largest absolute Gasteiger partial charge is 0.389 e. The van der Waals surface area contributed by atoms with E-state index in [2.05, 4.69) is 51.7 Å². The molecule has 1 N–H and O–H groups in total. The van der Waals surface area contributed by atoms with Gasteiger partial charge in [0.05, 0.1) is 6.10 Å². The monoisotopic (exact) mass is 340 g/mol. The Bertz CT molecular complexity index is 440. The van der Waals surface area contributed by atoms with Gasteiger partial charge in [-0.1, -0.05) is 35.8 Å². The second-order valence-electron chi connectivity index (χ2n) is 6.06. The van der Waals surface area contributed by atoms with E-state index in [1.807, 2.05) is 6.07 Å². The van der Waals surface area contributed by atoms with Crippen LogP contribution in [0.4, 0.5) is 5.69 Å². The summed E-state index contributed by atoms with van der Waals surface area (Å²) in [7, 11) is 0. The molecule has 1 aliphatic heterocycles. The fraction of sp³-hybridized carbons (Fsp3) is 0.625. The third kappa shape index (κ3) is 3.96. The number of anilines is 1. The molecule has 0 aromatic heterocycles. The number of hydrogen-bond donors (Lipinski definition) is 1. The van der Waals surface area contributed by atoms with Crippen molar-refractivity contribution in [2.75, 3.05) is 37.6 Å². The first kappa shape index (κ1) is 15.8. The predicted molar refractivity (Wildman–Crippen MR) is 88.3 cm³/mol. The minimum atomic E-state index is -0.429. The van der Waals surface area contributed by atoms with E-state index in [0.29, 0.717) is 0 Å². The second kappa shape index (κ2) is 6.92. The van der Waals surface area contributed by atoms with E-state index < -0.39 is 6.10 Å². The quantitative estimate of drug-likeness (QED) is 0.911. The van der Waals surface area contributed by atoms with Gasteiger partial charge in [-0.2, -0.15) is 0 Å². The second-order valence-corrected chi connectivity index (χ2v) is 6.92. The number of hydrogen-bond acceptors (Lipinski definition) is 3. The Morgan fingerprint density at radius 2 is 1.80 bits per heavy atom. The van der Waals surface area contributed by atoms with Gasteiger partial charge in [-0.3, -0.25) is 4.90 Å². The zero-order chi connectivity index (χ0) is 14.7. The van der Waals surface area contributed by atoms with Crippen molar-refractivity contribution < 1.29 is 5.11 Å². The first-order chi connectivity index (χ1) is 9.47. The fourth-order valence-electron chi connectivity index (χ4n) is 2.76. The van der Waals surface area contributed by atoms with E-state index in [4.69, 9.17) is 0 Å². The van der Waals surface area contributed by atoms with Gasteiger partial charge in [0.25, 0.3) is 0 Å².